The topological polar surface area (TPSA) is 44.4 Å². The molecule has 0 saturated carbocycles. The molecule has 0 aromatic carbocycles. The molecule has 1 aliphatic heterocycles. The predicted octanol–water partition coefficient (Wildman–Crippen LogP) is 0.195. The number of rotatable bonds is 4. The fourth-order valence-electron chi connectivity index (χ4n) is 1.86. The Morgan fingerprint density at radius 3 is 2.87 bits per heavy atom. The molecular formula is C11H23N3O. The van der Waals surface area contributed by atoms with E-state index in [2.05, 4.69) is 22.6 Å². The van der Waals surface area contributed by atoms with Crippen molar-refractivity contribution < 1.29 is 4.79 Å². The van der Waals surface area contributed by atoms with E-state index < -0.39 is 0 Å². The van der Waals surface area contributed by atoms with Gasteiger partial charge in [0.1, 0.15) is 0 Å². The molecule has 0 aromatic heterocycles. The van der Waals surface area contributed by atoms with Crippen molar-refractivity contribution in [1.29, 1.82) is 0 Å². The predicted molar refractivity (Wildman–Crippen MR) is 61.8 cm³/mol. The van der Waals surface area contributed by atoms with Crippen LogP contribution in [0.25, 0.3) is 0 Å². The van der Waals surface area contributed by atoms with Gasteiger partial charge in [-0.2, -0.15) is 0 Å². The fraction of sp³-hybridized carbons (Fsp3) is 0.909. The lowest BCUT2D eigenvalue weighted by Crippen LogP contribution is -2.49. The quantitative estimate of drug-likeness (QED) is 0.701. The SMILES string of the molecule is CC(C)NCC(=O)NC1CCCN(C)C1. The molecular weight excluding hydrogens is 190 g/mol. The van der Waals surface area contributed by atoms with E-state index in [0.717, 1.165) is 19.5 Å². The monoisotopic (exact) mass is 213 g/mol. The molecule has 1 aliphatic rings. The third kappa shape index (κ3) is 5.14. The number of piperidine rings is 1. The van der Waals surface area contributed by atoms with Crippen molar-refractivity contribution in [3.8, 4) is 0 Å². The van der Waals surface area contributed by atoms with Gasteiger partial charge in [-0.25, -0.2) is 0 Å². The van der Waals surface area contributed by atoms with Crippen LogP contribution in [-0.2, 0) is 4.79 Å². The standard InChI is InChI=1S/C11H23N3O/c1-9(2)12-7-11(15)13-10-5-4-6-14(3)8-10/h9-10,12H,4-8H2,1-3H3,(H,13,15). The van der Waals surface area contributed by atoms with Crippen LogP contribution in [0.4, 0.5) is 0 Å². The molecule has 0 radical (unpaired) electrons. The number of nitrogens with one attached hydrogen (secondary N) is 2. The summed E-state index contributed by atoms with van der Waals surface area (Å²) in [6, 6.07) is 0.704. The molecule has 2 N–H and O–H groups in total. The van der Waals surface area contributed by atoms with Crippen molar-refractivity contribution in [3.63, 3.8) is 0 Å². The second-order valence-corrected chi connectivity index (χ2v) is 4.70. The highest BCUT2D eigenvalue weighted by molar-refractivity contribution is 5.78. The lowest BCUT2D eigenvalue weighted by molar-refractivity contribution is -0.121. The molecule has 88 valence electrons. The Morgan fingerprint density at radius 2 is 2.27 bits per heavy atom. The zero-order chi connectivity index (χ0) is 11.3. The zero-order valence-electron chi connectivity index (χ0n) is 10.0. The largest absolute Gasteiger partial charge is 0.351 e. The van der Waals surface area contributed by atoms with Crippen molar-refractivity contribution in [2.75, 3.05) is 26.7 Å². The van der Waals surface area contributed by atoms with Crippen LogP contribution in [0, 0.1) is 0 Å². The van der Waals surface area contributed by atoms with Gasteiger partial charge in [0, 0.05) is 18.6 Å². The van der Waals surface area contributed by atoms with E-state index >= 15 is 0 Å². The van der Waals surface area contributed by atoms with Crippen LogP contribution < -0.4 is 10.6 Å². The highest BCUT2D eigenvalue weighted by atomic mass is 16.2. The van der Waals surface area contributed by atoms with E-state index in [1.807, 2.05) is 13.8 Å². The number of nitrogens with zero attached hydrogens (tertiary/aromatic N) is 1. The summed E-state index contributed by atoms with van der Waals surface area (Å²) < 4.78 is 0. The first-order valence-corrected chi connectivity index (χ1v) is 5.79. The molecule has 1 unspecified atom stereocenters. The molecule has 1 heterocycles. The van der Waals surface area contributed by atoms with Crippen molar-refractivity contribution >= 4 is 5.91 Å². The molecule has 4 heteroatoms. The zero-order valence-corrected chi connectivity index (χ0v) is 10.0. The summed E-state index contributed by atoms with van der Waals surface area (Å²) in [6.07, 6.45) is 2.29. The minimum absolute atomic E-state index is 0.115. The Kier molecular flexibility index (Phi) is 5.05. The highest BCUT2D eigenvalue weighted by Crippen LogP contribution is 2.07. The van der Waals surface area contributed by atoms with Crippen molar-refractivity contribution in [2.45, 2.75) is 38.8 Å². The first kappa shape index (κ1) is 12.5. The first-order valence-electron chi connectivity index (χ1n) is 5.79. The molecule has 1 saturated heterocycles. The molecule has 1 amide bonds. The van der Waals surface area contributed by atoms with Gasteiger partial charge in [0.2, 0.25) is 5.91 Å². The number of carbonyl (C=O) groups excluding carboxylic acids is 1. The van der Waals surface area contributed by atoms with Gasteiger partial charge < -0.3 is 15.5 Å². The molecule has 0 bridgehead atoms. The average Bonchev–Trinajstić information content (AvgIpc) is 2.15. The Morgan fingerprint density at radius 1 is 1.53 bits per heavy atom. The summed E-state index contributed by atoms with van der Waals surface area (Å²) in [4.78, 5) is 13.8. The minimum Gasteiger partial charge on any atom is -0.351 e. The van der Waals surface area contributed by atoms with E-state index in [-0.39, 0.29) is 5.91 Å². The molecule has 0 aromatic rings. The molecule has 0 aliphatic carbocycles. The van der Waals surface area contributed by atoms with Gasteiger partial charge in [0.15, 0.2) is 0 Å². The summed E-state index contributed by atoms with van der Waals surface area (Å²) >= 11 is 0. The molecule has 1 rings (SSSR count). The van der Waals surface area contributed by atoms with Gasteiger partial charge in [-0.3, -0.25) is 4.79 Å². The van der Waals surface area contributed by atoms with E-state index in [9.17, 15) is 4.79 Å². The van der Waals surface area contributed by atoms with Gasteiger partial charge in [-0.05, 0) is 26.4 Å². The Bertz CT molecular complexity index is 206. The van der Waals surface area contributed by atoms with Crippen molar-refractivity contribution in [2.24, 2.45) is 0 Å². The van der Waals surface area contributed by atoms with Crippen molar-refractivity contribution in [3.05, 3.63) is 0 Å². The van der Waals surface area contributed by atoms with Crippen LogP contribution in [0.3, 0.4) is 0 Å². The van der Waals surface area contributed by atoms with Crippen LogP contribution in [0.5, 0.6) is 0 Å². The maximum atomic E-state index is 11.5. The lowest BCUT2D eigenvalue weighted by atomic mass is 10.1. The van der Waals surface area contributed by atoms with Crippen LogP contribution >= 0.6 is 0 Å². The minimum atomic E-state index is 0.115. The lowest BCUT2D eigenvalue weighted by Gasteiger charge is -2.30. The summed E-state index contributed by atoms with van der Waals surface area (Å²) in [5, 5.41) is 6.18. The summed E-state index contributed by atoms with van der Waals surface area (Å²) in [5.41, 5.74) is 0. The summed E-state index contributed by atoms with van der Waals surface area (Å²) in [5.74, 6) is 0.115. The second-order valence-electron chi connectivity index (χ2n) is 4.70. The van der Waals surface area contributed by atoms with E-state index in [4.69, 9.17) is 0 Å². The van der Waals surface area contributed by atoms with Gasteiger partial charge in [-0.1, -0.05) is 13.8 Å². The number of carbonyl (C=O) groups is 1. The number of likely N-dealkylation sites (N-methyl/N-ethyl adjacent to an activating group) is 1. The van der Waals surface area contributed by atoms with Gasteiger partial charge in [-0.15, -0.1) is 0 Å². The smallest absolute Gasteiger partial charge is 0.234 e. The molecule has 1 fully saturated rings. The summed E-state index contributed by atoms with van der Waals surface area (Å²) in [6.45, 7) is 6.64. The van der Waals surface area contributed by atoms with Crippen LogP contribution in [0.2, 0.25) is 0 Å². The third-order valence-electron chi connectivity index (χ3n) is 2.66. The maximum absolute atomic E-state index is 11.5. The van der Waals surface area contributed by atoms with E-state index in [1.165, 1.54) is 6.42 Å². The number of hydrogen-bond acceptors (Lipinski definition) is 3. The molecule has 4 nitrogen and oxygen atoms in total. The maximum Gasteiger partial charge on any atom is 0.234 e. The molecule has 15 heavy (non-hydrogen) atoms. The second kappa shape index (κ2) is 6.08. The number of likely N-dealkylation sites (tertiary alicyclic amines) is 1. The van der Waals surface area contributed by atoms with Crippen molar-refractivity contribution in [1.82, 2.24) is 15.5 Å². The van der Waals surface area contributed by atoms with Crippen LogP contribution in [-0.4, -0.2) is 49.6 Å². The van der Waals surface area contributed by atoms with E-state index in [0.29, 0.717) is 18.6 Å². The van der Waals surface area contributed by atoms with Gasteiger partial charge >= 0.3 is 0 Å². The average molecular weight is 213 g/mol. The molecule has 0 spiro atoms. The van der Waals surface area contributed by atoms with Crippen LogP contribution in [0.1, 0.15) is 26.7 Å². The fourth-order valence-corrected chi connectivity index (χ4v) is 1.86. The number of amides is 1. The van der Waals surface area contributed by atoms with Crippen LogP contribution in [0.15, 0.2) is 0 Å². The Balaban J connectivity index is 2.19. The first-order chi connectivity index (χ1) is 7.08. The Labute approximate surface area is 92.4 Å². The Hall–Kier alpha value is -0.610. The molecule has 1 atom stereocenters. The summed E-state index contributed by atoms with van der Waals surface area (Å²) in [7, 11) is 2.10. The normalized spacial score (nSPS) is 23.1. The third-order valence-corrected chi connectivity index (χ3v) is 2.66. The van der Waals surface area contributed by atoms with E-state index in [1.54, 1.807) is 0 Å². The van der Waals surface area contributed by atoms with Gasteiger partial charge in [0.25, 0.3) is 0 Å². The van der Waals surface area contributed by atoms with Gasteiger partial charge in [0.05, 0.1) is 6.54 Å². The number of hydrogen-bond donors (Lipinski definition) is 2. The highest BCUT2D eigenvalue weighted by Gasteiger charge is 2.18.